The molecule has 2 aromatic rings. The molecule has 0 radical (unpaired) electrons. The van der Waals surface area contributed by atoms with Gasteiger partial charge in [0.05, 0.1) is 13.2 Å². The van der Waals surface area contributed by atoms with Gasteiger partial charge in [0.25, 0.3) is 0 Å². The Morgan fingerprint density at radius 1 is 1.10 bits per heavy atom. The molecule has 2 aromatic carbocycles. The third-order valence-corrected chi connectivity index (χ3v) is 3.26. The first kappa shape index (κ1) is 14.8. The van der Waals surface area contributed by atoms with Crippen molar-refractivity contribution in [3.8, 4) is 5.75 Å². The van der Waals surface area contributed by atoms with Gasteiger partial charge in [-0.25, -0.2) is 0 Å². The van der Waals surface area contributed by atoms with Crippen LogP contribution >= 0.6 is 0 Å². The summed E-state index contributed by atoms with van der Waals surface area (Å²) in [6.07, 6.45) is 0.790. The Morgan fingerprint density at radius 3 is 2.60 bits per heavy atom. The molecule has 20 heavy (non-hydrogen) atoms. The van der Waals surface area contributed by atoms with Gasteiger partial charge < -0.3 is 15.2 Å². The summed E-state index contributed by atoms with van der Waals surface area (Å²) < 4.78 is 5.88. The molecule has 2 rings (SSSR count). The second kappa shape index (κ2) is 7.27. The maximum absolute atomic E-state index is 9.33. The van der Waals surface area contributed by atoms with Crippen LogP contribution in [-0.4, -0.2) is 30.4 Å². The first-order valence-electron chi connectivity index (χ1n) is 7.18. The molecule has 108 valence electrons. The van der Waals surface area contributed by atoms with Gasteiger partial charge in [0.1, 0.15) is 5.75 Å². The van der Waals surface area contributed by atoms with Crippen molar-refractivity contribution in [1.29, 1.82) is 0 Å². The number of hydrogen-bond acceptors (Lipinski definition) is 3. The van der Waals surface area contributed by atoms with Gasteiger partial charge in [-0.15, -0.1) is 0 Å². The quantitative estimate of drug-likeness (QED) is 0.815. The zero-order valence-electron chi connectivity index (χ0n) is 12.2. The Labute approximate surface area is 120 Å². The van der Waals surface area contributed by atoms with Crippen molar-refractivity contribution in [2.45, 2.75) is 32.4 Å². The SMILES string of the molecule is CC(C)NC(CO)CCOc1cccc2ccccc12. The number of fused-ring (bicyclic) bond motifs is 1. The molecule has 3 nitrogen and oxygen atoms in total. The van der Waals surface area contributed by atoms with Crippen molar-refractivity contribution in [3.63, 3.8) is 0 Å². The second-order valence-corrected chi connectivity index (χ2v) is 5.32. The summed E-state index contributed by atoms with van der Waals surface area (Å²) in [4.78, 5) is 0. The van der Waals surface area contributed by atoms with E-state index in [0.29, 0.717) is 12.6 Å². The maximum Gasteiger partial charge on any atom is 0.127 e. The smallest absolute Gasteiger partial charge is 0.127 e. The predicted molar refractivity (Wildman–Crippen MR) is 83.2 cm³/mol. The summed E-state index contributed by atoms with van der Waals surface area (Å²) in [5.74, 6) is 0.907. The zero-order chi connectivity index (χ0) is 14.4. The summed E-state index contributed by atoms with van der Waals surface area (Å²) in [6, 6.07) is 14.7. The van der Waals surface area contributed by atoms with E-state index >= 15 is 0 Å². The topological polar surface area (TPSA) is 41.5 Å². The Kier molecular flexibility index (Phi) is 5.39. The molecule has 0 heterocycles. The standard InChI is InChI=1S/C17H23NO2/c1-13(2)18-15(12-19)10-11-20-17-9-5-7-14-6-3-4-8-16(14)17/h3-9,13,15,18-19H,10-12H2,1-2H3. The molecule has 0 spiro atoms. The molecular weight excluding hydrogens is 250 g/mol. The molecule has 1 unspecified atom stereocenters. The van der Waals surface area contributed by atoms with Gasteiger partial charge in [0.2, 0.25) is 0 Å². The monoisotopic (exact) mass is 273 g/mol. The van der Waals surface area contributed by atoms with Gasteiger partial charge in [-0.2, -0.15) is 0 Å². The van der Waals surface area contributed by atoms with E-state index in [1.807, 2.05) is 24.3 Å². The average molecular weight is 273 g/mol. The first-order chi connectivity index (χ1) is 9.70. The van der Waals surface area contributed by atoms with Crippen molar-refractivity contribution >= 4 is 10.8 Å². The molecule has 1 atom stereocenters. The predicted octanol–water partition coefficient (Wildman–Crippen LogP) is 2.97. The minimum absolute atomic E-state index is 0.0879. The lowest BCUT2D eigenvalue weighted by atomic mass is 10.1. The third kappa shape index (κ3) is 3.95. The largest absolute Gasteiger partial charge is 0.493 e. The fourth-order valence-electron chi connectivity index (χ4n) is 2.33. The van der Waals surface area contributed by atoms with Crippen LogP contribution in [0, 0.1) is 0 Å². The highest BCUT2D eigenvalue weighted by atomic mass is 16.5. The van der Waals surface area contributed by atoms with Crippen molar-refractivity contribution in [1.82, 2.24) is 5.32 Å². The molecule has 3 heteroatoms. The minimum atomic E-state index is 0.0879. The van der Waals surface area contributed by atoms with E-state index in [9.17, 15) is 5.11 Å². The van der Waals surface area contributed by atoms with E-state index in [-0.39, 0.29) is 12.6 Å². The van der Waals surface area contributed by atoms with Gasteiger partial charge in [-0.05, 0) is 17.9 Å². The van der Waals surface area contributed by atoms with Crippen LogP contribution in [0.4, 0.5) is 0 Å². The van der Waals surface area contributed by atoms with E-state index < -0.39 is 0 Å². The average Bonchev–Trinajstić information content (AvgIpc) is 2.46. The van der Waals surface area contributed by atoms with Crippen LogP contribution in [0.25, 0.3) is 10.8 Å². The summed E-state index contributed by atoms with van der Waals surface area (Å²) in [6.45, 7) is 4.89. The summed E-state index contributed by atoms with van der Waals surface area (Å²) in [5, 5.41) is 15.0. The van der Waals surface area contributed by atoms with E-state index in [0.717, 1.165) is 17.6 Å². The highest BCUT2D eigenvalue weighted by Gasteiger charge is 2.09. The van der Waals surface area contributed by atoms with Crippen LogP contribution in [0.5, 0.6) is 5.75 Å². The lowest BCUT2D eigenvalue weighted by Crippen LogP contribution is -2.38. The van der Waals surface area contributed by atoms with Gasteiger partial charge >= 0.3 is 0 Å². The fourth-order valence-corrected chi connectivity index (χ4v) is 2.33. The summed E-state index contributed by atoms with van der Waals surface area (Å²) in [5.41, 5.74) is 0. The van der Waals surface area contributed by atoms with Crippen LogP contribution < -0.4 is 10.1 Å². The van der Waals surface area contributed by atoms with Crippen molar-refractivity contribution in [2.75, 3.05) is 13.2 Å². The van der Waals surface area contributed by atoms with Crippen LogP contribution in [0.3, 0.4) is 0 Å². The van der Waals surface area contributed by atoms with Gasteiger partial charge in [0.15, 0.2) is 0 Å². The highest BCUT2D eigenvalue weighted by molar-refractivity contribution is 5.88. The molecule has 0 aliphatic heterocycles. The molecule has 0 aromatic heterocycles. The molecule has 0 saturated heterocycles. The number of ether oxygens (including phenoxy) is 1. The van der Waals surface area contributed by atoms with E-state index in [2.05, 4.69) is 37.4 Å². The fraction of sp³-hybridized carbons (Fsp3) is 0.412. The molecule has 0 fully saturated rings. The van der Waals surface area contributed by atoms with Crippen LogP contribution in [0.1, 0.15) is 20.3 Å². The number of aliphatic hydroxyl groups excluding tert-OH is 1. The maximum atomic E-state index is 9.33. The van der Waals surface area contributed by atoms with Crippen molar-refractivity contribution in [3.05, 3.63) is 42.5 Å². The van der Waals surface area contributed by atoms with Crippen LogP contribution in [0.15, 0.2) is 42.5 Å². The lowest BCUT2D eigenvalue weighted by molar-refractivity contribution is 0.203. The molecule has 0 aliphatic carbocycles. The third-order valence-electron chi connectivity index (χ3n) is 3.26. The summed E-state index contributed by atoms with van der Waals surface area (Å²) >= 11 is 0. The van der Waals surface area contributed by atoms with Gasteiger partial charge in [0, 0.05) is 17.5 Å². The molecule has 0 bridgehead atoms. The van der Waals surface area contributed by atoms with E-state index in [1.165, 1.54) is 5.39 Å². The van der Waals surface area contributed by atoms with Crippen molar-refractivity contribution in [2.24, 2.45) is 0 Å². The normalized spacial score (nSPS) is 12.8. The molecular formula is C17H23NO2. The molecule has 0 amide bonds. The lowest BCUT2D eigenvalue weighted by Gasteiger charge is -2.19. The molecule has 0 saturated carbocycles. The number of nitrogens with one attached hydrogen (secondary N) is 1. The van der Waals surface area contributed by atoms with Crippen molar-refractivity contribution < 1.29 is 9.84 Å². The van der Waals surface area contributed by atoms with Crippen LogP contribution in [0.2, 0.25) is 0 Å². The van der Waals surface area contributed by atoms with E-state index in [1.54, 1.807) is 0 Å². The Morgan fingerprint density at radius 2 is 1.85 bits per heavy atom. The minimum Gasteiger partial charge on any atom is -0.493 e. The Balaban J connectivity index is 1.96. The zero-order valence-corrected chi connectivity index (χ0v) is 12.2. The Hall–Kier alpha value is -1.58. The van der Waals surface area contributed by atoms with Crippen LogP contribution in [-0.2, 0) is 0 Å². The first-order valence-corrected chi connectivity index (χ1v) is 7.18. The van der Waals surface area contributed by atoms with Gasteiger partial charge in [-0.1, -0.05) is 50.2 Å². The molecule has 2 N–H and O–H groups in total. The number of benzene rings is 2. The highest BCUT2D eigenvalue weighted by Crippen LogP contribution is 2.25. The number of rotatable bonds is 7. The summed E-state index contributed by atoms with van der Waals surface area (Å²) in [7, 11) is 0. The number of aliphatic hydroxyl groups is 1. The Bertz CT molecular complexity index is 534. The molecule has 0 aliphatic rings. The second-order valence-electron chi connectivity index (χ2n) is 5.32. The number of hydrogen-bond donors (Lipinski definition) is 2. The van der Waals surface area contributed by atoms with E-state index in [4.69, 9.17) is 4.74 Å². The van der Waals surface area contributed by atoms with Gasteiger partial charge in [-0.3, -0.25) is 0 Å².